The second-order valence-corrected chi connectivity index (χ2v) is 6.30. The van der Waals surface area contributed by atoms with E-state index in [4.69, 9.17) is 4.52 Å². The monoisotopic (exact) mass is 290 g/mol. The van der Waals surface area contributed by atoms with E-state index in [0.29, 0.717) is 11.8 Å². The zero-order valence-corrected chi connectivity index (χ0v) is 14.6. The molecule has 0 rings (SSSR count). The lowest BCUT2D eigenvalue weighted by Gasteiger charge is -2.30. The Morgan fingerprint density at radius 1 is 0.947 bits per heavy atom. The smallest absolute Gasteiger partial charge is 0.180 e. The summed E-state index contributed by atoms with van der Waals surface area (Å²) in [5.41, 5.74) is 0. The van der Waals surface area contributed by atoms with Crippen molar-refractivity contribution in [3.05, 3.63) is 0 Å². The van der Waals surface area contributed by atoms with Crippen molar-refractivity contribution in [3.8, 4) is 0 Å². The number of rotatable bonds is 13. The maximum atomic E-state index is 11.0. The molecule has 4 atom stereocenters. The zero-order valence-electron chi connectivity index (χ0n) is 13.5. The van der Waals surface area contributed by atoms with Gasteiger partial charge in [-0.1, -0.05) is 72.6 Å². The van der Waals surface area contributed by atoms with Crippen LogP contribution < -0.4 is 0 Å². The highest BCUT2D eigenvalue weighted by Crippen LogP contribution is 2.30. The van der Waals surface area contributed by atoms with Gasteiger partial charge in [-0.2, -0.15) is 0 Å². The van der Waals surface area contributed by atoms with Gasteiger partial charge in [0.1, 0.15) is 0 Å². The normalized spacial score (nSPS) is 16.8. The van der Waals surface area contributed by atoms with Gasteiger partial charge in [0.2, 0.25) is 0 Å². The molecule has 0 aliphatic carbocycles. The number of hydrogen-bond acceptors (Lipinski definition) is 2. The molecular weight excluding hydrogens is 255 g/mol. The second-order valence-electron chi connectivity index (χ2n) is 5.83. The maximum Gasteiger partial charge on any atom is 0.180 e. The summed E-state index contributed by atoms with van der Waals surface area (Å²) >= 11 is 0. The molecule has 0 radical (unpaired) electrons. The van der Waals surface area contributed by atoms with Gasteiger partial charge >= 0.3 is 0 Å². The Bertz CT molecular complexity index is 209. The van der Waals surface area contributed by atoms with Crippen LogP contribution in [-0.4, -0.2) is 6.10 Å². The number of hydrogen-bond donors (Lipinski definition) is 0. The Balaban J connectivity index is 4.27. The van der Waals surface area contributed by atoms with Gasteiger partial charge in [-0.3, -0.25) is 4.57 Å². The molecule has 3 heteroatoms. The van der Waals surface area contributed by atoms with Crippen LogP contribution in [-0.2, 0) is 9.09 Å². The lowest BCUT2D eigenvalue weighted by atomic mass is 9.84. The molecular formula is C16H35O2P. The average molecular weight is 290 g/mol. The van der Waals surface area contributed by atoms with Gasteiger partial charge in [0.25, 0.3) is 0 Å². The standard InChI is InChI=1S/C16H35O2P/c1-5-8-10-11-12-14(4)16(18-19-17)15(7-3)13-9-6-2/h14-16H,5-13,19H2,1-4H3. The Hall–Kier alpha value is 0.190. The summed E-state index contributed by atoms with van der Waals surface area (Å²) in [6.45, 7) is 8.99. The van der Waals surface area contributed by atoms with Gasteiger partial charge in [-0.05, 0) is 24.7 Å². The van der Waals surface area contributed by atoms with E-state index in [1.54, 1.807) is 0 Å². The molecule has 2 nitrogen and oxygen atoms in total. The summed E-state index contributed by atoms with van der Waals surface area (Å²) in [6.07, 6.45) is 11.5. The van der Waals surface area contributed by atoms with Gasteiger partial charge in [-0.15, -0.1) is 0 Å². The van der Waals surface area contributed by atoms with Crippen molar-refractivity contribution >= 4 is 8.69 Å². The van der Waals surface area contributed by atoms with Crippen LogP contribution in [0.1, 0.15) is 85.5 Å². The van der Waals surface area contributed by atoms with E-state index < -0.39 is 8.69 Å². The molecule has 19 heavy (non-hydrogen) atoms. The van der Waals surface area contributed by atoms with Crippen molar-refractivity contribution in [2.75, 3.05) is 0 Å². The molecule has 0 amide bonds. The minimum Gasteiger partial charge on any atom is -0.329 e. The van der Waals surface area contributed by atoms with E-state index in [2.05, 4.69) is 27.7 Å². The summed E-state index contributed by atoms with van der Waals surface area (Å²) in [5, 5.41) is 0. The fraction of sp³-hybridized carbons (Fsp3) is 1.00. The molecule has 0 aromatic carbocycles. The van der Waals surface area contributed by atoms with Crippen molar-refractivity contribution in [1.82, 2.24) is 0 Å². The minimum atomic E-state index is -1.07. The summed E-state index contributed by atoms with van der Waals surface area (Å²) in [4.78, 5) is 0. The van der Waals surface area contributed by atoms with Crippen molar-refractivity contribution < 1.29 is 9.09 Å². The molecule has 0 saturated carbocycles. The van der Waals surface area contributed by atoms with Crippen LogP contribution in [0, 0.1) is 11.8 Å². The van der Waals surface area contributed by atoms with Gasteiger partial charge in [0.05, 0.1) is 6.10 Å². The van der Waals surface area contributed by atoms with E-state index in [9.17, 15) is 4.57 Å². The topological polar surface area (TPSA) is 26.3 Å². The molecule has 0 fully saturated rings. The van der Waals surface area contributed by atoms with Crippen LogP contribution in [0.2, 0.25) is 0 Å². The van der Waals surface area contributed by atoms with E-state index >= 15 is 0 Å². The lowest BCUT2D eigenvalue weighted by Crippen LogP contribution is -2.28. The fourth-order valence-electron chi connectivity index (χ4n) is 2.90. The summed E-state index contributed by atoms with van der Waals surface area (Å²) in [6, 6.07) is 0. The summed E-state index contributed by atoms with van der Waals surface area (Å²) in [5.74, 6) is 1.13. The van der Waals surface area contributed by atoms with E-state index in [1.807, 2.05) is 0 Å². The molecule has 0 aromatic heterocycles. The molecule has 0 heterocycles. The summed E-state index contributed by atoms with van der Waals surface area (Å²) in [7, 11) is -1.07. The molecule has 0 saturated heterocycles. The highest BCUT2D eigenvalue weighted by atomic mass is 31.1. The van der Waals surface area contributed by atoms with Gasteiger partial charge < -0.3 is 4.52 Å². The first kappa shape index (κ1) is 19.2. The first-order valence-corrected chi connectivity index (χ1v) is 9.24. The van der Waals surface area contributed by atoms with Crippen LogP contribution >= 0.6 is 8.69 Å². The second kappa shape index (κ2) is 13.2. The molecule has 0 bridgehead atoms. The molecule has 0 spiro atoms. The van der Waals surface area contributed by atoms with E-state index in [1.165, 1.54) is 51.4 Å². The predicted octanol–water partition coefficient (Wildman–Crippen LogP) is 5.87. The van der Waals surface area contributed by atoms with Crippen molar-refractivity contribution in [1.29, 1.82) is 0 Å². The van der Waals surface area contributed by atoms with Crippen LogP contribution in [0.5, 0.6) is 0 Å². The van der Waals surface area contributed by atoms with Gasteiger partial charge in [-0.25, -0.2) is 0 Å². The SMILES string of the molecule is CCCCCCC(C)C(O[PH2]=O)C(CC)CCCC. The Morgan fingerprint density at radius 3 is 2.16 bits per heavy atom. The lowest BCUT2D eigenvalue weighted by molar-refractivity contribution is 0.0809. The van der Waals surface area contributed by atoms with Crippen LogP contribution in [0.25, 0.3) is 0 Å². The molecule has 0 N–H and O–H groups in total. The third kappa shape index (κ3) is 8.87. The fourth-order valence-corrected chi connectivity index (χ4v) is 3.52. The van der Waals surface area contributed by atoms with Gasteiger partial charge in [0, 0.05) is 0 Å². The molecule has 0 aromatic rings. The third-order valence-corrected chi connectivity index (χ3v) is 4.63. The molecule has 0 aliphatic rings. The maximum absolute atomic E-state index is 11.0. The molecule has 116 valence electrons. The Labute approximate surface area is 122 Å². The van der Waals surface area contributed by atoms with Crippen LogP contribution in [0.4, 0.5) is 0 Å². The quantitative estimate of drug-likeness (QED) is 0.313. The Kier molecular flexibility index (Phi) is 13.3. The average Bonchev–Trinajstić information content (AvgIpc) is 2.43. The highest BCUT2D eigenvalue weighted by molar-refractivity contribution is 7.17. The van der Waals surface area contributed by atoms with Crippen molar-refractivity contribution in [2.24, 2.45) is 11.8 Å². The van der Waals surface area contributed by atoms with E-state index in [-0.39, 0.29) is 6.10 Å². The van der Waals surface area contributed by atoms with Crippen molar-refractivity contribution in [2.45, 2.75) is 91.6 Å². The minimum absolute atomic E-state index is 0.214. The first-order chi connectivity index (χ1) is 9.21. The van der Waals surface area contributed by atoms with E-state index in [0.717, 1.165) is 6.42 Å². The predicted molar refractivity (Wildman–Crippen MR) is 86.5 cm³/mol. The van der Waals surface area contributed by atoms with Gasteiger partial charge in [0.15, 0.2) is 8.69 Å². The Morgan fingerprint density at radius 2 is 1.63 bits per heavy atom. The van der Waals surface area contributed by atoms with Crippen LogP contribution in [0.15, 0.2) is 0 Å². The van der Waals surface area contributed by atoms with Crippen LogP contribution in [0.3, 0.4) is 0 Å². The third-order valence-electron chi connectivity index (χ3n) is 4.20. The molecule has 4 unspecified atom stereocenters. The largest absolute Gasteiger partial charge is 0.329 e. The highest BCUT2D eigenvalue weighted by Gasteiger charge is 2.25. The summed E-state index contributed by atoms with van der Waals surface area (Å²) < 4.78 is 16.6. The number of unbranched alkanes of at least 4 members (excludes halogenated alkanes) is 4. The zero-order chi connectivity index (χ0) is 14.5. The molecule has 0 aliphatic heterocycles. The first-order valence-electron chi connectivity index (χ1n) is 8.30. The van der Waals surface area contributed by atoms with Crippen molar-refractivity contribution in [3.63, 3.8) is 0 Å².